The minimum absolute atomic E-state index is 0. The second-order valence-electron chi connectivity index (χ2n) is 7.57. The fourth-order valence-electron chi connectivity index (χ4n) is 2.89. The highest BCUT2D eigenvalue weighted by atomic mass is 16.5. The van der Waals surface area contributed by atoms with Crippen LogP contribution in [0.15, 0.2) is 30.3 Å². The number of alkyl carbamates (subject to hydrolysis) is 1. The zero-order chi connectivity index (χ0) is 26.2. The lowest BCUT2D eigenvalue weighted by atomic mass is 10.1. The molecule has 1 aromatic carbocycles. The molecule has 2 N–H and O–H groups in total. The molecule has 0 aliphatic carbocycles. The number of nitrogens with one attached hydrogen (secondary N) is 2. The number of nitrogens with zero attached hydrogens (tertiary/aromatic N) is 1. The van der Waals surface area contributed by atoms with Crippen LogP contribution in [0.25, 0.3) is 0 Å². The maximum Gasteiger partial charge on any atom is 0.408 e. The van der Waals surface area contributed by atoms with Gasteiger partial charge in [0, 0.05) is 6.54 Å². The van der Waals surface area contributed by atoms with Crippen LogP contribution in [0, 0.1) is 12.3 Å². The monoisotopic (exact) mass is 491 g/mol. The highest BCUT2D eigenvalue weighted by molar-refractivity contribution is 5.92. The molecule has 0 aromatic heterocycles. The first kappa shape index (κ1) is 36.7. The highest BCUT2D eigenvalue weighted by Gasteiger charge is 2.17. The SMILES string of the molecule is C.C#CC(=O)NCCCC[C@H](NC(=O)OCc1ccccc1)C(C)=O.CC.CCCN(C)CCC. The summed E-state index contributed by atoms with van der Waals surface area (Å²) in [6.07, 6.45) is 8.65. The number of rotatable bonds is 13. The number of amides is 2. The van der Waals surface area contributed by atoms with Crippen LogP contribution in [0.3, 0.4) is 0 Å². The second-order valence-corrected chi connectivity index (χ2v) is 7.57. The lowest BCUT2D eigenvalue weighted by Gasteiger charge is -2.16. The molecule has 7 nitrogen and oxygen atoms in total. The van der Waals surface area contributed by atoms with Gasteiger partial charge in [0.05, 0.1) is 6.04 Å². The maximum absolute atomic E-state index is 11.8. The van der Waals surface area contributed by atoms with Crippen LogP contribution >= 0.6 is 0 Å². The summed E-state index contributed by atoms with van der Waals surface area (Å²) < 4.78 is 5.10. The summed E-state index contributed by atoms with van der Waals surface area (Å²) in [5.41, 5.74) is 0.872. The Balaban J connectivity index is -0.000000791. The fourth-order valence-corrected chi connectivity index (χ4v) is 2.89. The molecule has 0 radical (unpaired) electrons. The number of unbranched alkanes of at least 4 members (excludes halogenated alkanes) is 1. The fraction of sp³-hybridized carbons (Fsp3) is 0.607. The van der Waals surface area contributed by atoms with Crippen molar-refractivity contribution in [3.8, 4) is 12.3 Å². The maximum atomic E-state index is 11.8. The van der Waals surface area contributed by atoms with Gasteiger partial charge in [0.1, 0.15) is 6.61 Å². The van der Waals surface area contributed by atoms with Crippen LogP contribution < -0.4 is 10.6 Å². The van der Waals surface area contributed by atoms with E-state index in [2.05, 4.69) is 36.4 Å². The Morgan fingerprint density at radius 1 is 1.06 bits per heavy atom. The van der Waals surface area contributed by atoms with E-state index in [-0.39, 0.29) is 19.8 Å². The standard InChI is InChI=1S/C18H22N2O4.C7H17N.C2H6.CH4/c1-3-17(22)19-12-8-7-11-16(14(2)21)20-18(23)24-13-15-9-5-4-6-10-15;1-4-6-8(3)7-5-2;1-2;/h1,4-6,9-10,16H,7-8,11-13H2,2H3,(H,19,22)(H,20,23);4-7H2,1-3H3;1-2H3;1H4/t16-;;;/m0.../s1. The van der Waals surface area contributed by atoms with E-state index >= 15 is 0 Å². The van der Waals surface area contributed by atoms with E-state index in [1.165, 1.54) is 32.9 Å². The predicted molar refractivity (Wildman–Crippen MR) is 146 cm³/mol. The van der Waals surface area contributed by atoms with Crippen LogP contribution in [0.4, 0.5) is 4.79 Å². The quantitative estimate of drug-likeness (QED) is 0.293. The molecule has 2 amide bonds. The van der Waals surface area contributed by atoms with Gasteiger partial charge in [0.15, 0.2) is 5.78 Å². The van der Waals surface area contributed by atoms with Gasteiger partial charge in [-0.3, -0.25) is 9.59 Å². The molecular formula is C28H49N3O4. The van der Waals surface area contributed by atoms with Gasteiger partial charge in [-0.05, 0) is 70.6 Å². The summed E-state index contributed by atoms with van der Waals surface area (Å²) in [5, 5.41) is 5.11. The number of terminal acetylenes is 1. The first-order valence-corrected chi connectivity index (χ1v) is 12.2. The number of hydrogen-bond donors (Lipinski definition) is 2. The van der Waals surface area contributed by atoms with E-state index < -0.39 is 18.0 Å². The normalized spacial score (nSPS) is 10.1. The van der Waals surface area contributed by atoms with Crippen molar-refractivity contribution in [3.05, 3.63) is 35.9 Å². The summed E-state index contributed by atoms with van der Waals surface area (Å²) in [6.45, 7) is 12.9. The molecule has 0 aliphatic rings. The van der Waals surface area contributed by atoms with Crippen molar-refractivity contribution in [2.24, 2.45) is 0 Å². The van der Waals surface area contributed by atoms with Crippen molar-refractivity contribution in [2.75, 3.05) is 26.7 Å². The summed E-state index contributed by atoms with van der Waals surface area (Å²) in [5.74, 6) is 1.36. The number of carbonyl (C=O) groups excluding carboxylic acids is 3. The number of Topliss-reactive ketones (excluding diaryl/α,β-unsaturated/α-hetero) is 1. The zero-order valence-electron chi connectivity index (χ0n) is 22.0. The van der Waals surface area contributed by atoms with Gasteiger partial charge < -0.3 is 20.3 Å². The van der Waals surface area contributed by atoms with Gasteiger partial charge in [-0.25, -0.2) is 4.79 Å². The Hall–Kier alpha value is -2.85. The van der Waals surface area contributed by atoms with Crippen LogP contribution in [-0.4, -0.2) is 55.4 Å². The number of hydrogen-bond acceptors (Lipinski definition) is 5. The van der Waals surface area contributed by atoms with Crippen molar-refractivity contribution in [2.45, 2.75) is 86.8 Å². The summed E-state index contributed by atoms with van der Waals surface area (Å²) in [4.78, 5) is 36.6. The molecule has 200 valence electrons. The molecule has 0 bridgehead atoms. The van der Waals surface area contributed by atoms with Crippen LogP contribution in [-0.2, 0) is 20.9 Å². The molecule has 0 unspecified atom stereocenters. The highest BCUT2D eigenvalue weighted by Crippen LogP contribution is 2.04. The van der Waals surface area contributed by atoms with Crippen molar-refractivity contribution >= 4 is 17.8 Å². The van der Waals surface area contributed by atoms with Crippen molar-refractivity contribution in [1.29, 1.82) is 0 Å². The predicted octanol–water partition coefficient (Wildman–Crippen LogP) is 5.19. The number of ether oxygens (including phenoxy) is 1. The molecule has 0 saturated carbocycles. The molecule has 35 heavy (non-hydrogen) atoms. The largest absolute Gasteiger partial charge is 0.445 e. The van der Waals surface area contributed by atoms with E-state index in [0.717, 1.165) is 5.56 Å². The lowest BCUT2D eigenvalue weighted by molar-refractivity contribution is -0.119. The zero-order valence-corrected chi connectivity index (χ0v) is 22.0. The van der Waals surface area contributed by atoms with Gasteiger partial charge in [-0.2, -0.15) is 0 Å². The molecule has 1 atom stereocenters. The third kappa shape index (κ3) is 22.7. The number of carbonyl (C=O) groups is 3. The third-order valence-corrected chi connectivity index (χ3v) is 4.54. The van der Waals surface area contributed by atoms with E-state index in [9.17, 15) is 14.4 Å². The van der Waals surface area contributed by atoms with E-state index in [1.807, 2.05) is 50.1 Å². The molecule has 0 saturated heterocycles. The Bertz CT molecular complexity index is 696. The molecule has 0 fully saturated rings. The average Bonchev–Trinajstić information content (AvgIpc) is 2.84. The van der Waals surface area contributed by atoms with Crippen LogP contribution in [0.1, 0.15) is 79.7 Å². The van der Waals surface area contributed by atoms with Gasteiger partial charge >= 0.3 is 6.09 Å². The van der Waals surface area contributed by atoms with Crippen molar-refractivity contribution in [3.63, 3.8) is 0 Å². The number of ketones is 1. The minimum atomic E-state index is -0.625. The topological polar surface area (TPSA) is 87.7 Å². The second kappa shape index (κ2) is 25.8. The molecule has 0 heterocycles. The van der Waals surface area contributed by atoms with Gasteiger partial charge in [0.25, 0.3) is 5.91 Å². The van der Waals surface area contributed by atoms with Crippen LogP contribution in [0.5, 0.6) is 0 Å². The van der Waals surface area contributed by atoms with Crippen LogP contribution in [0.2, 0.25) is 0 Å². The Morgan fingerprint density at radius 2 is 1.63 bits per heavy atom. The van der Waals surface area contributed by atoms with E-state index in [4.69, 9.17) is 11.2 Å². The smallest absolute Gasteiger partial charge is 0.408 e. The third-order valence-electron chi connectivity index (χ3n) is 4.54. The molecule has 0 spiro atoms. The average molecular weight is 492 g/mol. The van der Waals surface area contributed by atoms with Crippen molar-refractivity contribution in [1.82, 2.24) is 15.5 Å². The Kier molecular flexibility index (Phi) is 27.0. The van der Waals surface area contributed by atoms with Crippen molar-refractivity contribution < 1.29 is 19.1 Å². The minimum Gasteiger partial charge on any atom is -0.445 e. The Morgan fingerprint density at radius 3 is 2.11 bits per heavy atom. The first-order valence-electron chi connectivity index (χ1n) is 12.2. The Labute approximate surface area is 214 Å². The van der Waals surface area contributed by atoms with Gasteiger partial charge in [0.2, 0.25) is 0 Å². The van der Waals surface area contributed by atoms with Gasteiger partial charge in [-0.1, -0.05) is 65.5 Å². The lowest BCUT2D eigenvalue weighted by Crippen LogP contribution is -2.40. The van der Waals surface area contributed by atoms with E-state index in [0.29, 0.717) is 25.8 Å². The molecule has 1 aromatic rings. The molecule has 1 rings (SSSR count). The van der Waals surface area contributed by atoms with Gasteiger partial charge in [-0.15, -0.1) is 6.42 Å². The molecule has 0 aliphatic heterocycles. The first-order chi connectivity index (χ1) is 16.3. The molecular weight excluding hydrogens is 442 g/mol. The summed E-state index contributed by atoms with van der Waals surface area (Å²) >= 11 is 0. The summed E-state index contributed by atoms with van der Waals surface area (Å²) in [6, 6.07) is 8.68. The number of benzene rings is 1. The molecule has 7 heteroatoms. The van der Waals surface area contributed by atoms with E-state index in [1.54, 1.807) is 0 Å². The summed E-state index contributed by atoms with van der Waals surface area (Å²) in [7, 11) is 2.17.